The Hall–Kier alpha value is -1.06. The van der Waals surface area contributed by atoms with Gasteiger partial charge in [-0.15, -0.1) is 14.9 Å². The van der Waals surface area contributed by atoms with Crippen LogP contribution in [0, 0.1) is 6.33 Å². The van der Waals surface area contributed by atoms with E-state index in [0.29, 0.717) is 6.61 Å². The van der Waals surface area contributed by atoms with Crippen LogP contribution in [-0.2, 0) is 0 Å². The predicted molar refractivity (Wildman–Crippen MR) is 26.0 cm³/mol. The molecule has 8 heavy (non-hydrogen) atoms. The molecule has 0 aliphatic heterocycles. The minimum absolute atomic E-state index is 0.606. The summed E-state index contributed by atoms with van der Waals surface area (Å²) in [6.07, 6.45) is 3.92. The molecule has 0 unspecified atom stereocenters. The molecule has 0 saturated heterocycles. The summed E-state index contributed by atoms with van der Waals surface area (Å²) in [6.45, 7) is 2.49. The molecule has 1 rings (SSSR count). The van der Waals surface area contributed by atoms with Crippen molar-refractivity contribution in [1.29, 1.82) is 0 Å². The third-order valence-corrected chi connectivity index (χ3v) is 0.626. The topological polar surface area (TPSA) is 39.9 Å². The molecule has 0 bridgehead atoms. The van der Waals surface area contributed by atoms with Gasteiger partial charge in [0.05, 0.1) is 0 Å². The van der Waals surface area contributed by atoms with Gasteiger partial charge in [0.25, 0.3) is 0 Å². The van der Waals surface area contributed by atoms with E-state index in [-0.39, 0.29) is 0 Å². The number of rotatable bonds is 2. The van der Waals surface area contributed by atoms with Crippen LogP contribution >= 0.6 is 0 Å². The number of nitrogens with zero attached hydrogens (tertiary/aromatic N) is 3. The van der Waals surface area contributed by atoms with Crippen LogP contribution in [0.3, 0.4) is 0 Å². The van der Waals surface area contributed by atoms with Crippen LogP contribution in [0.25, 0.3) is 0 Å². The molecule has 1 radical (unpaired) electrons. The van der Waals surface area contributed by atoms with Gasteiger partial charge in [-0.05, 0) is 6.92 Å². The second-order valence-corrected chi connectivity index (χ2v) is 1.17. The van der Waals surface area contributed by atoms with E-state index in [1.165, 1.54) is 11.1 Å². The van der Waals surface area contributed by atoms with Crippen molar-refractivity contribution in [2.75, 3.05) is 6.61 Å². The van der Waals surface area contributed by atoms with Crippen molar-refractivity contribution >= 4 is 0 Å². The van der Waals surface area contributed by atoms with Crippen molar-refractivity contribution in [2.24, 2.45) is 0 Å². The Bertz CT molecular complexity index is 137. The Kier molecular flexibility index (Phi) is 1.46. The first kappa shape index (κ1) is 5.08. The van der Waals surface area contributed by atoms with Gasteiger partial charge in [0, 0.05) is 0 Å². The van der Waals surface area contributed by atoms with E-state index in [1.807, 2.05) is 6.92 Å². The maximum atomic E-state index is 4.88. The Morgan fingerprint density at radius 1 is 1.88 bits per heavy atom. The average molecular weight is 112 g/mol. The SMILES string of the molecule is CCOn1[c]nnc1. The van der Waals surface area contributed by atoms with E-state index in [2.05, 4.69) is 16.5 Å². The van der Waals surface area contributed by atoms with Gasteiger partial charge < -0.3 is 4.84 Å². The third-order valence-electron chi connectivity index (χ3n) is 0.626. The lowest BCUT2D eigenvalue weighted by Crippen LogP contribution is -2.07. The Labute approximate surface area is 47.1 Å². The van der Waals surface area contributed by atoms with E-state index in [4.69, 9.17) is 4.84 Å². The van der Waals surface area contributed by atoms with Crippen molar-refractivity contribution in [1.82, 2.24) is 14.9 Å². The highest BCUT2D eigenvalue weighted by atomic mass is 16.7. The summed E-state index contributed by atoms with van der Waals surface area (Å²) in [7, 11) is 0. The summed E-state index contributed by atoms with van der Waals surface area (Å²) in [5.41, 5.74) is 0. The molecule has 0 N–H and O–H groups in total. The van der Waals surface area contributed by atoms with Crippen molar-refractivity contribution in [3.05, 3.63) is 12.7 Å². The van der Waals surface area contributed by atoms with E-state index < -0.39 is 0 Å². The first-order valence-corrected chi connectivity index (χ1v) is 2.34. The molecular formula is C4H6N3O. The van der Waals surface area contributed by atoms with Crippen LogP contribution in [0.5, 0.6) is 0 Å². The molecule has 0 saturated carbocycles. The molecule has 0 aliphatic carbocycles. The standard InChI is InChI=1S/C4H6N3O/c1-2-8-7-3-5-6-4-7/h3H,2H2,1H3. The van der Waals surface area contributed by atoms with Crippen LogP contribution < -0.4 is 4.84 Å². The van der Waals surface area contributed by atoms with Crippen molar-refractivity contribution in [2.45, 2.75) is 6.92 Å². The van der Waals surface area contributed by atoms with Crippen LogP contribution in [0.4, 0.5) is 0 Å². The fourth-order valence-corrected chi connectivity index (χ4v) is 0.370. The van der Waals surface area contributed by atoms with E-state index in [0.717, 1.165) is 0 Å². The van der Waals surface area contributed by atoms with E-state index in [9.17, 15) is 0 Å². The van der Waals surface area contributed by atoms with Gasteiger partial charge in [-0.1, -0.05) is 0 Å². The molecule has 0 aliphatic rings. The maximum absolute atomic E-state index is 4.88. The summed E-state index contributed by atoms with van der Waals surface area (Å²) in [5, 5.41) is 6.88. The van der Waals surface area contributed by atoms with Crippen LogP contribution in [0.15, 0.2) is 6.33 Å². The third kappa shape index (κ3) is 0.959. The highest BCUT2D eigenvalue weighted by Crippen LogP contribution is 1.71. The van der Waals surface area contributed by atoms with Gasteiger partial charge in [0.2, 0.25) is 6.33 Å². The summed E-state index contributed by atoms with van der Waals surface area (Å²) >= 11 is 0. The van der Waals surface area contributed by atoms with Crippen LogP contribution in [0.1, 0.15) is 6.92 Å². The smallest absolute Gasteiger partial charge is 0.239 e. The molecule has 0 atom stereocenters. The minimum atomic E-state index is 0.606. The summed E-state index contributed by atoms with van der Waals surface area (Å²) in [5.74, 6) is 0. The predicted octanol–water partition coefficient (Wildman–Crippen LogP) is -0.473. The molecule has 0 fully saturated rings. The summed E-state index contributed by atoms with van der Waals surface area (Å²) < 4.78 is 1.33. The maximum Gasteiger partial charge on any atom is 0.239 e. The van der Waals surface area contributed by atoms with Crippen LogP contribution in [-0.4, -0.2) is 21.5 Å². The fraction of sp³-hybridized carbons (Fsp3) is 0.500. The highest BCUT2D eigenvalue weighted by Gasteiger charge is 1.84. The van der Waals surface area contributed by atoms with Gasteiger partial charge >= 0.3 is 0 Å². The van der Waals surface area contributed by atoms with Gasteiger partial charge in [-0.2, -0.15) is 0 Å². The zero-order valence-corrected chi connectivity index (χ0v) is 4.53. The zero-order valence-electron chi connectivity index (χ0n) is 4.53. The molecule has 0 aromatic carbocycles. The monoisotopic (exact) mass is 112 g/mol. The molecular weight excluding hydrogens is 106 g/mol. The zero-order chi connectivity index (χ0) is 5.82. The number of hydrogen-bond donors (Lipinski definition) is 0. The van der Waals surface area contributed by atoms with Gasteiger partial charge in [0.15, 0.2) is 6.33 Å². The lowest BCUT2D eigenvalue weighted by molar-refractivity contribution is 0.119. The molecule has 43 valence electrons. The van der Waals surface area contributed by atoms with E-state index >= 15 is 0 Å². The largest absolute Gasteiger partial charge is 0.411 e. The molecule has 1 aromatic rings. The van der Waals surface area contributed by atoms with Crippen molar-refractivity contribution < 1.29 is 4.84 Å². The summed E-state index contributed by atoms with van der Waals surface area (Å²) in [4.78, 5) is 4.88. The Morgan fingerprint density at radius 3 is 3.25 bits per heavy atom. The molecule has 4 nitrogen and oxygen atoms in total. The highest BCUT2D eigenvalue weighted by molar-refractivity contribution is 4.48. The van der Waals surface area contributed by atoms with Gasteiger partial charge in [-0.25, -0.2) is 0 Å². The second-order valence-electron chi connectivity index (χ2n) is 1.17. The molecule has 0 amide bonds. The lowest BCUT2D eigenvalue weighted by Gasteiger charge is -1.96. The average Bonchev–Trinajstić information content (AvgIpc) is 2.19. The normalized spacial score (nSPS) is 9.12. The number of hydrogen-bond acceptors (Lipinski definition) is 3. The Morgan fingerprint density at radius 2 is 2.75 bits per heavy atom. The Balaban J connectivity index is 2.50. The number of aromatic nitrogens is 3. The van der Waals surface area contributed by atoms with Crippen LogP contribution in [0.2, 0.25) is 0 Å². The van der Waals surface area contributed by atoms with Gasteiger partial charge in [-0.3, -0.25) is 0 Å². The fourth-order valence-electron chi connectivity index (χ4n) is 0.370. The minimum Gasteiger partial charge on any atom is -0.411 e. The quantitative estimate of drug-likeness (QED) is 0.519. The molecule has 1 aromatic heterocycles. The summed E-state index contributed by atoms with van der Waals surface area (Å²) in [6, 6.07) is 0. The second kappa shape index (κ2) is 2.30. The van der Waals surface area contributed by atoms with Crippen molar-refractivity contribution in [3.63, 3.8) is 0 Å². The van der Waals surface area contributed by atoms with Crippen molar-refractivity contribution in [3.8, 4) is 0 Å². The molecule has 4 heteroatoms. The lowest BCUT2D eigenvalue weighted by atomic mass is 10.9. The first-order valence-electron chi connectivity index (χ1n) is 2.34. The molecule has 0 spiro atoms. The van der Waals surface area contributed by atoms with E-state index in [1.54, 1.807) is 0 Å². The van der Waals surface area contributed by atoms with Gasteiger partial charge in [0.1, 0.15) is 6.61 Å². The molecule has 1 heterocycles. The first-order chi connectivity index (χ1) is 3.93.